The summed E-state index contributed by atoms with van der Waals surface area (Å²) in [5.74, 6) is -3.79. The molecule has 0 radical (unpaired) electrons. The van der Waals surface area contributed by atoms with Crippen molar-refractivity contribution in [2.24, 2.45) is 0 Å². The Hall–Kier alpha value is -4.12. The number of aliphatic carboxylic acids is 2. The van der Waals surface area contributed by atoms with E-state index in [0.717, 1.165) is 60.4 Å². The number of alkyl halides is 6. The fraction of sp³-hybridized carbons (Fsp3) is 0.464. The Kier molecular flexibility index (Phi) is 12.6. The lowest BCUT2D eigenvalue weighted by molar-refractivity contribution is -0.193. The minimum atomic E-state index is -5.08. The van der Waals surface area contributed by atoms with Gasteiger partial charge >= 0.3 is 24.3 Å². The van der Waals surface area contributed by atoms with E-state index in [-0.39, 0.29) is 11.9 Å². The number of rotatable bonds is 5. The molecule has 1 aromatic carbocycles. The SMILES string of the molecule is O=C(NC1CCNC1)c1nnc2n(Cc3ccc(Cl)cc3)c(N3CCCCCC3)ccc1-2.O=C(O)C(F)(F)F.O=C(O)C(F)(F)F. The molecule has 18 heteroatoms. The van der Waals surface area contributed by atoms with Crippen molar-refractivity contribution in [1.82, 2.24) is 25.4 Å². The Labute approximate surface area is 263 Å². The maximum Gasteiger partial charge on any atom is 0.490 e. The van der Waals surface area contributed by atoms with Gasteiger partial charge in [-0.2, -0.15) is 26.3 Å². The van der Waals surface area contributed by atoms with Crippen LogP contribution in [0.3, 0.4) is 0 Å². The quantitative estimate of drug-likeness (QED) is 0.278. The van der Waals surface area contributed by atoms with Crippen LogP contribution in [0.4, 0.5) is 32.2 Å². The predicted molar refractivity (Wildman–Crippen MR) is 154 cm³/mol. The van der Waals surface area contributed by atoms with E-state index in [1.807, 2.05) is 30.3 Å². The third-order valence-electron chi connectivity index (χ3n) is 6.95. The molecule has 4 heterocycles. The molecule has 4 aliphatic heterocycles. The Morgan fingerprint density at radius 1 is 0.891 bits per heavy atom. The molecule has 0 saturated carbocycles. The maximum absolute atomic E-state index is 12.9. The molecular formula is C28H31ClF6N6O5. The highest BCUT2D eigenvalue weighted by Crippen LogP contribution is 2.31. The second kappa shape index (κ2) is 15.9. The van der Waals surface area contributed by atoms with E-state index in [9.17, 15) is 31.1 Å². The van der Waals surface area contributed by atoms with Crippen LogP contribution in [0.5, 0.6) is 0 Å². The van der Waals surface area contributed by atoms with Crippen LogP contribution in [-0.4, -0.2) is 87.4 Å². The standard InChI is InChI=1S/C24H29ClN6O.2C2HF3O2/c25-18-7-5-17(6-8-18)16-31-21(30-13-3-1-2-4-14-30)10-9-20-22(28-29-23(20)31)24(32)27-19-11-12-26-15-19;2*3-2(4,5)1(6)7/h5-10,19,26H,1-4,11-16H2,(H,27,32);2*(H,6,7). The van der Waals surface area contributed by atoms with Gasteiger partial charge in [0.15, 0.2) is 11.5 Å². The predicted octanol–water partition coefficient (Wildman–Crippen LogP) is 4.82. The lowest BCUT2D eigenvalue weighted by Crippen LogP contribution is -2.36. The molecule has 5 rings (SSSR count). The van der Waals surface area contributed by atoms with Crippen molar-refractivity contribution in [3.63, 3.8) is 0 Å². The molecule has 1 unspecified atom stereocenters. The average Bonchev–Trinajstić information content (AvgIpc) is 3.57. The molecule has 1 amide bonds. The first-order chi connectivity index (χ1) is 21.6. The number of halogens is 7. The third kappa shape index (κ3) is 10.5. The first-order valence-corrected chi connectivity index (χ1v) is 14.4. The lowest BCUT2D eigenvalue weighted by Gasteiger charge is -2.28. The maximum atomic E-state index is 12.9. The van der Waals surface area contributed by atoms with E-state index in [4.69, 9.17) is 31.4 Å². The fourth-order valence-electron chi connectivity index (χ4n) is 4.72. The minimum Gasteiger partial charge on any atom is -0.475 e. The number of hydrogen-bond acceptors (Lipinski definition) is 7. The number of fused-ring (bicyclic) bond motifs is 1. The third-order valence-corrected chi connectivity index (χ3v) is 7.20. The van der Waals surface area contributed by atoms with E-state index >= 15 is 0 Å². The molecule has 46 heavy (non-hydrogen) atoms. The van der Waals surface area contributed by atoms with Crippen LogP contribution in [0.25, 0.3) is 11.4 Å². The van der Waals surface area contributed by atoms with Crippen LogP contribution in [0.2, 0.25) is 5.02 Å². The van der Waals surface area contributed by atoms with Gasteiger partial charge in [0.05, 0.1) is 12.1 Å². The number of amides is 1. The van der Waals surface area contributed by atoms with Crippen molar-refractivity contribution in [1.29, 1.82) is 0 Å². The van der Waals surface area contributed by atoms with Gasteiger partial charge in [-0.1, -0.05) is 36.6 Å². The monoisotopic (exact) mass is 680 g/mol. The number of carbonyl (C=O) groups excluding carboxylic acids is 1. The highest BCUT2D eigenvalue weighted by molar-refractivity contribution is 6.30. The van der Waals surface area contributed by atoms with Crippen molar-refractivity contribution >= 4 is 35.3 Å². The van der Waals surface area contributed by atoms with Gasteiger partial charge in [-0.25, -0.2) is 9.59 Å². The van der Waals surface area contributed by atoms with Gasteiger partial charge in [0.2, 0.25) is 0 Å². The summed E-state index contributed by atoms with van der Waals surface area (Å²) in [6.45, 7) is 4.43. The number of pyridine rings is 1. The molecule has 0 spiro atoms. The van der Waals surface area contributed by atoms with Gasteiger partial charge in [-0.3, -0.25) is 4.79 Å². The molecule has 0 aromatic heterocycles. The number of carboxylic acids is 2. The van der Waals surface area contributed by atoms with Crippen LogP contribution in [0.1, 0.15) is 48.2 Å². The molecule has 2 fully saturated rings. The van der Waals surface area contributed by atoms with Gasteiger partial charge in [0.1, 0.15) is 5.82 Å². The summed E-state index contributed by atoms with van der Waals surface area (Å²) in [7, 11) is 0. The molecular weight excluding hydrogens is 650 g/mol. The fourth-order valence-corrected chi connectivity index (χ4v) is 4.85. The highest BCUT2D eigenvalue weighted by atomic mass is 35.5. The average molecular weight is 681 g/mol. The largest absolute Gasteiger partial charge is 0.490 e. The van der Waals surface area contributed by atoms with Crippen molar-refractivity contribution in [2.75, 3.05) is 31.1 Å². The summed E-state index contributed by atoms with van der Waals surface area (Å²) < 4.78 is 65.7. The van der Waals surface area contributed by atoms with Gasteiger partial charge in [-0.15, -0.1) is 10.2 Å². The number of carbonyl (C=O) groups is 3. The van der Waals surface area contributed by atoms with Crippen LogP contribution in [-0.2, 0) is 16.1 Å². The van der Waals surface area contributed by atoms with Crippen LogP contribution >= 0.6 is 11.6 Å². The first kappa shape index (κ1) is 36.3. The van der Waals surface area contributed by atoms with Crippen molar-refractivity contribution in [3.05, 3.63) is 52.7 Å². The number of hydrogen-bond donors (Lipinski definition) is 4. The second-order valence-corrected chi connectivity index (χ2v) is 10.8. The van der Waals surface area contributed by atoms with E-state index < -0.39 is 24.3 Å². The molecule has 252 valence electrons. The molecule has 1 atom stereocenters. The number of carboxylic acid groups (broad SMARTS) is 2. The topological polar surface area (TPSA) is 150 Å². The Morgan fingerprint density at radius 2 is 1.46 bits per heavy atom. The number of nitrogens with one attached hydrogen (secondary N) is 2. The lowest BCUT2D eigenvalue weighted by atomic mass is 10.1. The minimum absolute atomic E-state index is 0.145. The van der Waals surface area contributed by atoms with Gasteiger partial charge in [-0.05, 0) is 55.6 Å². The van der Waals surface area contributed by atoms with Gasteiger partial charge < -0.3 is 30.3 Å². The van der Waals surface area contributed by atoms with Crippen LogP contribution in [0.15, 0.2) is 36.4 Å². The molecule has 4 aliphatic rings. The molecule has 0 bridgehead atoms. The smallest absolute Gasteiger partial charge is 0.475 e. The molecule has 4 N–H and O–H groups in total. The van der Waals surface area contributed by atoms with Crippen LogP contribution in [0, 0.1) is 0 Å². The van der Waals surface area contributed by atoms with Crippen molar-refractivity contribution in [2.45, 2.75) is 57.0 Å². The van der Waals surface area contributed by atoms with E-state index in [1.165, 1.54) is 25.7 Å². The van der Waals surface area contributed by atoms with Gasteiger partial charge in [0, 0.05) is 30.7 Å². The van der Waals surface area contributed by atoms with Crippen molar-refractivity contribution < 1.29 is 50.9 Å². The zero-order chi connectivity index (χ0) is 34.1. The summed E-state index contributed by atoms with van der Waals surface area (Å²) in [6, 6.07) is 12.2. The van der Waals surface area contributed by atoms with Crippen molar-refractivity contribution in [3.8, 4) is 11.4 Å². The Morgan fingerprint density at radius 3 is 1.96 bits per heavy atom. The van der Waals surface area contributed by atoms with Crippen LogP contribution < -0.4 is 15.5 Å². The van der Waals surface area contributed by atoms with E-state index in [2.05, 4.69) is 36.4 Å². The second-order valence-electron chi connectivity index (χ2n) is 10.4. The summed E-state index contributed by atoms with van der Waals surface area (Å²) in [5.41, 5.74) is 2.33. The summed E-state index contributed by atoms with van der Waals surface area (Å²) in [5, 5.41) is 30.2. The number of anilines is 1. The van der Waals surface area contributed by atoms with E-state index in [0.29, 0.717) is 12.2 Å². The zero-order valence-electron chi connectivity index (χ0n) is 24.2. The molecule has 11 nitrogen and oxygen atoms in total. The molecule has 0 aliphatic carbocycles. The van der Waals surface area contributed by atoms with E-state index in [1.54, 1.807) is 0 Å². The summed E-state index contributed by atoms with van der Waals surface area (Å²) in [4.78, 5) is 33.2. The normalized spacial score (nSPS) is 16.8. The Bertz CT molecular complexity index is 1410. The number of nitrogens with zero attached hydrogens (tertiary/aromatic N) is 4. The summed E-state index contributed by atoms with van der Waals surface area (Å²) in [6.07, 6.45) is -4.31. The van der Waals surface area contributed by atoms with Gasteiger partial charge in [0.25, 0.3) is 5.91 Å². The first-order valence-electron chi connectivity index (χ1n) is 14.0. The number of benzene rings is 1. The molecule has 1 aromatic rings. The zero-order valence-corrected chi connectivity index (χ0v) is 24.9. The highest BCUT2D eigenvalue weighted by Gasteiger charge is 2.39. The summed E-state index contributed by atoms with van der Waals surface area (Å²) >= 11 is 6.10. The Balaban J connectivity index is 0.000000345. The number of aromatic nitrogens is 3. The molecule has 2 saturated heterocycles.